The van der Waals surface area contributed by atoms with Crippen LogP contribution in [0, 0.1) is 11.8 Å². The van der Waals surface area contributed by atoms with Crippen molar-refractivity contribution in [2.24, 2.45) is 11.8 Å². The van der Waals surface area contributed by atoms with Gasteiger partial charge in [-0.25, -0.2) is 0 Å². The number of nitrogens with zero attached hydrogens (tertiary/aromatic N) is 1. The Morgan fingerprint density at radius 2 is 1.36 bits per heavy atom. The maximum Gasteiger partial charge on any atom is 0.321 e. The average Bonchev–Trinajstić information content (AvgIpc) is 2.42. The predicted octanol–water partition coefficient (Wildman–Crippen LogP) is -0.198. The van der Waals surface area contributed by atoms with Crippen LogP contribution in [0.15, 0.2) is 0 Å². The summed E-state index contributed by atoms with van der Waals surface area (Å²) < 4.78 is 0. The molecule has 0 aromatic carbocycles. The van der Waals surface area contributed by atoms with Gasteiger partial charge in [0, 0.05) is 0 Å². The smallest absolute Gasteiger partial charge is 0.321 e. The molecule has 1 fully saturated rings. The number of hydrogen-bond acceptors (Lipinski definition) is 5. The Morgan fingerprint density at radius 1 is 0.818 bits per heavy atom. The third kappa shape index (κ3) is 4.42. The summed E-state index contributed by atoms with van der Waals surface area (Å²) in [6.45, 7) is 0.695. The first kappa shape index (κ1) is 17.9. The number of hydrogen-bond donors (Lipinski definition) is 4. The Hall–Kier alpha value is -2.16. The van der Waals surface area contributed by atoms with Gasteiger partial charge in [-0.05, 0) is 25.9 Å². The van der Waals surface area contributed by atoms with Crippen molar-refractivity contribution >= 4 is 23.9 Å². The van der Waals surface area contributed by atoms with Gasteiger partial charge in [0.15, 0.2) is 0 Å². The minimum Gasteiger partial charge on any atom is -0.481 e. The number of carboxylic acid groups (broad SMARTS) is 4. The van der Waals surface area contributed by atoms with E-state index in [0.29, 0.717) is 25.9 Å². The molecule has 9 heteroatoms. The first-order valence-corrected chi connectivity index (χ1v) is 6.90. The van der Waals surface area contributed by atoms with Crippen LogP contribution >= 0.6 is 0 Å². The van der Waals surface area contributed by atoms with Gasteiger partial charge in [0.1, 0.15) is 6.04 Å². The van der Waals surface area contributed by atoms with Crippen LogP contribution in [-0.2, 0) is 19.2 Å². The lowest BCUT2D eigenvalue weighted by Crippen LogP contribution is -2.54. The molecular weight excluding hydrogens is 298 g/mol. The largest absolute Gasteiger partial charge is 0.481 e. The molecule has 0 radical (unpaired) electrons. The third-order valence-corrected chi connectivity index (χ3v) is 3.81. The summed E-state index contributed by atoms with van der Waals surface area (Å²) in [5.74, 6) is -9.82. The molecule has 3 unspecified atom stereocenters. The number of carbonyl (C=O) groups is 4. The minimum atomic E-state index is -1.83. The van der Waals surface area contributed by atoms with E-state index in [1.165, 1.54) is 4.90 Å². The summed E-state index contributed by atoms with van der Waals surface area (Å²) in [6.07, 6.45) is 1.32. The van der Waals surface area contributed by atoms with Crippen LogP contribution in [0.1, 0.15) is 25.7 Å². The second-order valence-electron chi connectivity index (χ2n) is 5.29. The van der Waals surface area contributed by atoms with E-state index >= 15 is 0 Å². The van der Waals surface area contributed by atoms with Gasteiger partial charge in [0.25, 0.3) is 0 Å². The summed E-state index contributed by atoms with van der Waals surface area (Å²) >= 11 is 0. The quantitative estimate of drug-likeness (QED) is 0.476. The van der Waals surface area contributed by atoms with Crippen molar-refractivity contribution in [3.8, 4) is 0 Å². The zero-order valence-corrected chi connectivity index (χ0v) is 11.8. The van der Waals surface area contributed by atoms with Crippen LogP contribution in [0.25, 0.3) is 0 Å². The minimum absolute atomic E-state index is 0.347. The Balaban J connectivity index is 3.15. The maximum atomic E-state index is 11.5. The second kappa shape index (κ2) is 7.74. The molecule has 0 amide bonds. The summed E-state index contributed by atoms with van der Waals surface area (Å²) in [5, 5.41) is 36.6. The lowest BCUT2D eigenvalue weighted by molar-refractivity contribution is -0.166. The van der Waals surface area contributed by atoms with Gasteiger partial charge in [-0.3, -0.25) is 24.1 Å². The summed E-state index contributed by atoms with van der Waals surface area (Å²) in [5.41, 5.74) is 0. The van der Waals surface area contributed by atoms with Gasteiger partial charge in [-0.1, -0.05) is 6.42 Å². The predicted molar refractivity (Wildman–Crippen MR) is 71.4 cm³/mol. The summed E-state index contributed by atoms with van der Waals surface area (Å²) in [7, 11) is 0. The monoisotopic (exact) mass is 317 g/mol. The highest BCUT2D eigenvalue weighted by Crippen LogP contribution is 2.27. The SMILES string of the molecule is O=C(O)CC(C(=O)O)C(C(=O)O)C(C(=O)O)N1CCCCC1. The Morgan fingerprint density at radius 3 is 1.73 bits per heavy atom. The Bertz CT molecular complexity index is 457. The van der Waals surface area contributed by atoms with E-state index in [1.54, 1.807) is 0 Å². The molecule has 0 spiro atoms. The summed E-state index contributed by atoms with van der Waals surface area (Å²) in [6, 6.07) is -1.56. The van der Waals surface area contributed by atoms with E-state index in [1.807, 2.05) is 0 Å². The van der Waals surface area contributed by atoms with Gasteiger partial charge in [-0.15, -0.1) is 0 Å². The average molecular weight is 317 g/mol. The Labute approximate surface area is 126 Å². The molecule has 22 heavy (non-hydrogen) atoms. The fourth-order valence-corrected chi connectivity index (χ4v) is 2.82. The van der Waals surface area contributed by atoms with E-state index < -0.39 is 48.2 Å². The van der Waals surface area contributed by atoms with Gasteiger partial charge in [0.05, 0.1) is 18.3 Å². The number of carboxylic acids is 4. The zero-order valence-electron chi connectivity index (χ0n) is 11.8. The molecule has 1 heterocycles. The van der Waals surface area contributed by atoms with Crippen LogP contribution in [0.5, 0.6) is 0 Å². The highest BCUT2D eigenvalue weighted by atomic mass is 16.4. The molecule has 0 aliphatic carbocycles. The van der Waals surface area contributed by atoms with Crippen molar-refractivity contribution in [1.82, 2.24) is 4.90 Å². The molecule has 124 valence electrons. The van der Waals surface area contributed by atoms with Crippen molar-refractivity contribution in [3.05, 3.63) is 0 Å². The van der Waals surface area contributed by atoms with Crippen molar-refractivity contribution in [2.75, 3.05) is 13.1 Å². The van der Waals surface area contributed by atoms with Gasteiger partial charge in [0.2, 0.25) is 0 Å². The first-order chi connectivity index (χ1) is 10.3. The normalized spacial score (nSPS) is 19.8. The van der Waals surface area contributed by atoms with Crippen LogP contribution in [0.2, 0.25) is 0 Å². The molecule has 1 rings (SSSR count). The van der Waals surface area contributed by atoms with Crippen LogP contribution in [-0.4, -0.2) is 68.3 Å². The summed E-state index contributed by atoms with van der Waals surface area (Å²) in [4.78, 5) is 46.4. The highest BCUT2D eigenvalue weighted by molar-refractivity contribution is 5.89. The highest BCUT2D eigenvalue weighted by Gasteiger charge is 2.46. The van der Waals surface area contributed by atoms with Gasteiger partial charge >= 0.3 is 23.9 Å². The Kier molecular flexibility index (Phi) is 6.29. The number of aliphatic carboxylic acids is 4. The second-order valence-corrected chi connectivity index (χ2v) is 5.29. The molecule has 9 nitrogen and oxygen atoms in total. The first-order valence-electron chi connectivity index (χ1n) is 6.90. The molecule has 0 aromatic heterocycles. The topological polar surface area (TPSA) is 152 Å². The van der Waals surface area contributed by atoms with Gasteiger partial charge < -0.3 is 20.4 Å². The molecule has 1 saturated heterocycles. The molecule has 0 saturated carbocycles. The fraction of sp³-hybridized carbons (Fsp3) is 0.692. The molecule has 0 aromatic rings. The van der Waals surface area contributed by atoms with Gasteiger partial charge in [-0.2, -0.15) is 0 Å². The third-order valence-electron chi connectivity index (χ3n) is 3.81. The van der Waals surface area contributed by atoms with E-state index in [-0.39, 0.29) is 0 Å². The van der Waals surface area contributed by atoms with Crippen LogP contribution in [0.3, 0.4) is 0 Å². The molecular formula is C13H19NO8. The lowest BCUT2D eigenvalue weighted by Gasteiger charge is -2.36. The van der Waals surface area contributed by atoms with Crippen molar-refractivity contribution in [1.29, 1.82) is 0 Å². The van der Waals surface area contributed by atoms with E-state index in [0.717, 1.165) is 6.42 Å². The maximum absolute atomic E-state index is 11.5. The van der Waals surface area contributed by atoms with Crippen molar-refractivity contribution in [3.63, 3.8) is 0 Å². The number of piperidine rings is 1. The van der Waals surface area contributed by atoms with Crippen LogP contribution in [0.4, 0.5) is 0 Å². The number of rotatable bonds is 8. The van der Waals surface area contributed by atoms with E-state index in [9.17, 15) is 29.4 Å². The zero-order chi connectivity index (χ0) is 16.9. The van der Waals surface area contributed by atoms with Crippen molar-refractivity contribution in [2.45, 2.75) is 31.7 Å². The molecule has 1 aliphatic rings. The van der Waals surface area contributed by atoms with Crippen LogP contribution < -0.4 is 0 Å². The van der Waals surface area contributed by atoms with E-state index in [2.05, 4.69) is 0 Å². The van der Waals surface area contributed by atoms with Crippen molar-refractivity contribution < 1.29 is 39.6 Å². The molecule has 0 bridgehead atoms. The number of likely N-dealkylation sites (tertiary alicyclic amines) is 1. The standard InChI is InChI=1S/C13H19NO8/c15-8(16)6-7(11(17)18)9(12(19)20)10(13(21)22)14-4-2-1-3-5-14/h7,9-10H,1-6H2,(H,15,16)(H,17,18)(H,19,20)(H,21,22). The molecule has 1 aliphatic heterocycles. The van der Waals surface area contributed by atoms with E-state index in [4.69, 9.17) is 10.2 Å². The molecule has 3 atom stereocenters. The molecule has 4 N–H and O–H groups in total. The fourth-order valence-electron chi connectivity index (χ4n) is 2.82. The lowest BCUT2D eigenvalue weighted by atomic mass is 9.82.